The number of allylic oxidation sites excluding steroid dienone is 1. The third kappa shape index (κ3) is 0.787. The van der Waals surface area contributed by atoms with E-state index in [1.54, 1.807) is 12.0 Å². The van der Waals surface area contributed by atoms with Gasteiger partial charge in [0.05, 0.1) is 0 Å². The standard InChI is InChI=1S/C12H18/c1-8-6-10-7-9-4-2-3-5-11(10)12(8)9/h9-12H,1-7H2. The topological polar surface area (TPSA) is 0 Å². The molecule has 0 aromatic heterocycles. The van der Waals surface area contributed by atoms with Crippen molar-refractivity contribution in [3.63, 3.8) is 0 Å². The Morgan fingerprint density at radius 3 is 2.83 bits per heavy atom. The lowest BCUT2D eigenvalue weighted by Gasteiger charge is -2.22. The van der Waals surface area contributed by atoms with Crippen LogP contribution in [-0.4, -0.2) is 0 Å². The quantitative estimate of drug-likeness (QED) is 0.479. The van der Waals surface area contributed by atoms with Crippen LogP contribution in [0.1, 0.15) is 38.5 Å². The lowest BCUT2D eigenvalue weighted by molar-refractivity contribution is 0.363. The van der Waals surface area contributed by atoms with Gasteiger partial charge in [-0.1, -0.05) is 25.0 Å². The molecule has 4 atom stereocenters. The van der Waals surface area contributed by atoms with Crippen LogP contribution in [0.3, 0.4) is 0 Å². The Morgan fingerprint density at radius 2 is 1.92 bits per heavy atom. The largest absolute Gasteiger partial charge is 0.0995 e. The molecule has 0 saturated heterocycles. The lowest BCUT2D eigenvalue weighted by atomic mass is 9.83. The van der Waals surface area contributed by atoms with E-state index in [0.29, 0.717) is 0 Å². The predicted octanol–water partition coefficient (Wildman–Crippen LogP) is 3.39. The lowest BCUT2D eigenvalue weighted by Crippen LogP contribution is -2.12. The second kappa shape index (κ2) is 2.37. The Morgan fingerprint density at radius 1 is 1.08 bits per heavy atom. The zero-order valence-electron chi connectivity index (χ0n) is 7.76. The molecule has 3 aliphatic carbocycles. The molecule has 3 fully saturated rings. The highest BCUT2D eigenvalue weighted by molar-refractivity contribution is 5.19. The highest BCUT2D eigenvalue weighted by Crippen LogP contribution is 2.59. The van der Waals surface area contributed by atoms with E-state index in [4.69, 9.17) is 0 Å². The van der Waals surface area contributed by atoms with Crippen LogP contribution in [0, 0.1) is 23.7 Å². The molecular formula is C12H18. The molecule has 0 aromatic rings. The minimum Gasteiger partial charge on any atom is -0.0995 e. The summed E-state index contributed by atoms with van der Waals surface area (Å²) in [5.41, 5.74) is 1.61. The van der Waals surface area contributed by atoms with Gasteiger partial charge in [-0.05, 0) is 49.4 Å². The Bertz CT molecular complexity index is 216. The van der Waals surface area contributed by atoms with E-state index in [2.05, 4.69) is 6.58 Å². The Balaban J connectivity index is 1.95. The average molecular weight is 162 g/mol. The van der Waals surface area contributed by atoms with Crippen molar-refractivity contribution in [3.8, 4) is 0 Å². The smallest absolute Gasteiger partial charge is 0.0146 e. The van der Waals surface area contributed by atoms with Crippen molar-refractivity contribution in [2.45, 2.75) is 38.5 Å². The van der Waals surface area contributed by atoms with Gasteiger partial charge < -0.3 is 0 Å². The van der Waals surface area contributed by atoms with Crippen LogP contribution in [0.2, 0.25) is 0 Å². The molecule has 0 aromatic carbocycles. The van der Waals surface area contributed by atoms with Gasteiger partial charge in [-0.25, -0.2) is 0 Å². The maximum absolute atomic E-state index is 4.26. The van der Waals surface area contributed by atoms with Gasteiger partial charge in [-0.15, -0.1) is 0 Å². The van der Waals surface area contributed by atoms with E-state index in [9.17, 15) is 0 Å². The molecule has 0 radical (unpaired) electrons. The van der Waals surface area contributed by atoms with Crippen LogP contribution < -0.4 is 0 Å². The number of hydrogen-bond acceptors (Lipinski definition) is 0. The molecule has 3 rings (SSSR count). The van der Waals surface area contributed by atoms with Crippen LogP contribution in [0.25, 0.3) is 0 Å². The number of rotatable bonds is 0. The monoisotopic (exact) mass is 162 g/mol. The number of hydrogen-bond donors (Lipinski definition) is 0. The first kappa shape index (κ1) is 7.17. The Labute approximate surface area is 75.0 Å². The van der Waals surface area contributed by atoms with Crippen molar-refractivity contribution >= 4 is 0 Å². The first-order chi connectivity index (χ1) is 5.86. The molecule has 0 spiro atoms. The summed E-state index contributed by atoms with van der Waals surface area (Å²) in [6, 6.07) is 0. The first-order valence-electron chi connectivity index (χ1n) is 5.54. The zero-order chi connectivity index (χ0) is 8.13. The van der Waals surface area contributed by atoms with E-state index < -0.39 is 0 Å². The minimum atomic E-state index is 0.970. The summed E-state index contributed by atoms with van der Waals surface area (Å²) < 4.78 is 0. The Kier molecular flexibility index (Phi) is 1.42. The highest BCUT2D eigenvalue weighted by Gasteiger charge is 2.49. The van der Waals surface area contributed by atoms with Gasteiger partial charge in [0.1, 0.15) is 0 Å². The molecule has 0 amide bonds. The molecule has 4 unspecified atom stereocenters. The van der Waals surface area contributed by atoms with Gasteiger partial charge >= 0.3 is 0 Å². The molecule has 12 heavy (non-hydrogen) atoms. The van der Waals surface area contributed by atoms with Crippen molar-refractivity contribution in [2.24, 2.45) is 23.7 Å². The van der Waals surface area contributed by atoms with Crippen molar-refractivity contribution in [1.29, 1.82) is 0 Å². The molecule has 66 valence electrons. The van der Waals surface area contributed by atoms with Gasteiger partial charge in [-0.2, -0.15) is 0 Å². The third-order valence-corrected chi connectivity index (χ3v) is 4.54. The van der Waals surface area contributed by atoms with Crippen LogP contribution in [0.15, 0.2) is 12.2 Å². The van der Waals surface area contributed by atoms with Crippen molar-refractivity contribution in [1.82, 2.24) is 0 Å². The predicted molar refractivity (Wildman–Crippen MR) is 50.8 cm³/mol. The fourth-order valence-corrected chi connectivity index (χ4v) is 4.20. The van der Waals surface area contributed by atoms with Crippen LogP contribution in [0.4, 0.5) is 0 Å². The van der Waals surface area contributed by atoms with E-state index in [0.717, 1.165) is 23.7 Å². The molecule has 0 aliphatic heterocycles. The van der Waals surface area contributed by atoms with E-state index in [1.807, 2.05) is 0 Å². The summed E-state index contributed by atoms with van der Waals surface area (Å²) in [6.07, 6.45) is 8.96. The van der Waals surface area contributed by atoms with Crippen LogP contribution in [0.5, 0.6) is 0 Å². The van der Waals surface area contributed by atoms with Crippen molar-refractivity contribution < 1.29 is 0 Å². The van der Waals surface area contributed by atoms with Crippen LogP contribution >= 0.6 is 0 Å². The van der Waals surface area contributed by atoms with E-state index in [1.165, 1.54) is 32.1 Å². The summed E-state index contributed by atoms with van der Waals surface area (Å²) in [6.45, 7) is 4.26. The van der Waals surface area contributed by atoms with Crippen molar-refractivity contribution in [3.05, 3.63) is 12.2 Å². The van der Waals surface area contributed by atoms with Gasteiger partial charge in [0, 0.05) is 0 Å². The van der Waals surface area contributed by atoms with Gasteiger partial charge in [0.25, 0.3) is 0 Å². The summed E-state index contributed by atoms with van der Waals surface area (Å²) in [7, 11) is 0. The summed E-state index contributed by atoms with van der Waals surface area (Å²) >= 11 is 0. The molecule has 0 nitrogen and oxygen atoms in total. The molecular weight excluding hydrogens is 144 g/mol. The normalized spacial score (nSPS) is 51.2. The molecule has 0 N–H and O–H groups in total. The van der Waals surface area contributed by atoms with E-state index >= 15 is 0 Å². The summed E-state index contributed by atoms with van der Waals surface area (Å²) in [5.74, 6) is 4.17. The highest BCUT2D eigenvalue weighted by atomic mass is 14.5. The molecule has 3 aliphatic rings. The maximum Gasteiger partial charge on any atom is -0.0146 e. The Hall–Kier alpha value is -0.260. The molecule has 3 saturated carbocycles. The SMILES string of the molecule is C=C1CC2CC3CCCCC2C13. The molecule has 0 heteroatoms. The van der Waals surface area contributed by atoms with Crippen LogP contribution in [-0.2, 0) is 0 Å². The first-order valence-corrected chi connectivity index (χ1v) is 5.54. The maximum atomic E-state index is 4.26. The van der Waals surface area contributed by atoms with Crippen molar-refractivity contribution in [2.75, 3.05) is 0 Å². The second-order valence-corrected chi connectivity index (χ2v) is 5.09. The minimum absolute atomic E-state index is 0.970. The fourth-order valence-electron chi connectivity index (χ4n) is 4.20. The molecule has 0 heterocycles. The average Bonchev–Trinajstić information content (AvgIpc) is 2.41. The summed E-state index contributed by atoms with van der Waals surface area (Å²) in [4.78, 5) is 0. The third-order valence-electron chi connectivity index (χ3n) is 4.54. The van der Waals surface area contributed by atoms with Gasteiger partial charge in [0.2, 0.25) is 0 Å². The fraction of sp³-hybridized carbons (Fsp3) is 0.833. The summed E-state index contributed by atoms with van der Waals surface area (Å²) in [5, 5.41) is 0. The zero-order valence-corrected chi connectivity index (χ0v) is 7.76. The molecule has 4 bridgehead atoms. The van der Waals surface area contributed by atoms with Gasteiger partial charge in [-0.3, -0.25) is 0 Å². The van der Waals surface area contributed by atoms with Gasteiger partial charge in [0.15, 0.2) is 0 Å². The second-order valence-electron chi connectivity index (χ2n) is 5.09. The van der Waals surface area contributed by atoms with E-state index in [-0.39, 0.29) is 0 Å².